The first-order valence-electron chi connectivity index (χ1n) is 8.18. The molecule has 1 saturated heterocycles. The Bertz CT molecular complexity index is 1080. The second kappa shape index (κ2) is 6.45. The van der Waals surface area contributed by atoms with E-state index >= 15 is 0 Å². The molecule has 1 aliphatic rings. The van der Waals surface area contributed by atoms with Gasteiger partial charge in [-0.05, 0) is 30.2 Å². The average molecular weight is 368 g/mol. The third kappa shape index (κ3) is 3.28. The molecule has 1 atom stereocenters. The van der Waals surface area contributed by atoms with Crippen LogP contribution in [0.25, 0.3) is 22.0 Å². The quantitative estimate of drug-likeness (QED) is 0.753. The number of nitrogens with zero attached hydrogens (tertiary/aromatic N) is 3. The summed E-state index contributed by atoms with van der Waals surface area (Å²) < 4.78 is 23.2. The van der Waals surface area contributed by atoms with Crippen molar-refractivity contribution in [3.8, 4) is 11.1 Å². The van der Waals surface area contributed by atoms with Crippen LogP contribution >= 0.6 is 0 Å². The molecular formula is C18H16N4O3S. The van der Waals surface area contributed by atoms with Crippen molar-refractivity contribution in [1.82, 2.24) is 20.3 Å². The molecule has 4 rings (SSSR count). The van der Waals surface area contributed by atoms with E-state index in [-0.39, 0.29) is 29.1 Å². The Morgan fingerprint density at radius 3 is 2.73 bits per heavy atom. The highest BCUT2D eigenvalue weighted by Crippen LogP contribution is 2.27. The van der Waals surface area contributed by atoms with E-state index in [0.717, 1.165) is 16.5 Å². The normalized spacial score (nSPS) is 18.7. The van der Waals surface area contributed by atoms with Gasteiger partial charge in [0.05, 0.1) is 17.0 Å². The number of sulfone groups is 1. The zero-order valence-corrected chi connectivity index (χ0v) is 14.6. The van der Waals surface area contributed by atoms with Gasteiger partial charge in [-0.15, -0.1) is 0 Å². The summed E-state index contributed by atoms with van der Waals surface area (Å²) in [5.41, 5.74) is 2.54. The summed E-state index contributed by atoms with van der Waals surface area (Å²) in [5, 5.41) is 3.60. The lowest BCUT2D eigenvalue weighted by Gasteiger charge is -2.12. The van der Waals surface area contributed by atoms with Crippen molar-refractivity contribution in [3.63, 3.8) is 0 Å². The Morgan fingerprint density at radius 1 is 1.15 bits per heavy atom. The molecule has 1 unspecified atom stereocenters. The van der Waals surface area contributed by atoms with Crippen molar-refractivity contribution in [3.05, 3.63) is 54.7 Å². The van der Waals surface area contributed by atoms with E-state index < -0.39 is 9.84 Å². The van der Waals surface area contributed by atoms with Gasteiger partial charge in [-0.2, -0.15) is 0 Å². The predicted molar refractivity (Wildman–Crippen MR) is 97.3 cm³/mol. The van der Waals surface area contributed by atoms with E-state index in [1.807, 2.05) is 12.1 Å². The lowest BCUT2D eigenvalue weighted by atomic mass is 10.0. The number of carbonyl (C=O) groups excluding carboxylic acids is 1. The lowest BCUT2D eigenvalue weighted by molar-refractivity contribution is 0.0936. The number of carbonyl (C=O) groups is 1. The third-order valence-corrected chi connectivity index (χ3v) is 6.15. The number of nitrogens with one attached hydrogen (secondary N) is 1. The molecular weight excluding hydrogens is 352 g/mol. The summed E-state index contributed by atoms with van der Waals surface area (Å²) in [6.07, 6.45) is 7.15. The summed E-state index contributed by atoms with van der Waals surface area (Å²) in [5.74, 6) is -0.294. The van der Waals surface area contributed by atoms with Gasteiger partial charge in [-0.25, -0.2) is 13.4 Å². The molecule has 3 aromatic rings. The van der Waals surface area contributed by atoms with Gasteiger partial charge in [0, 0.05) is 41.8 Å². The molecule has 26 heavy (non-hydrogen) atoms. The highest BCUT2D eigenvalue weighted by molar-refractivity contribution is 7.91. The Kier molecular flexibility index (Phi) is 4.12. The van der Waals surface area contributed by atoms with Crippen molar-refractivity contribution in [2.75, 3.05) is 11.5 Å². The number of rotatable bonds is 3. The van der Waals surface area contributed by atoms with Crippen LogP contribution in [0.15, 0.2) is 49.1 Å². The fourth-order valence-corrected chi connectivity index (χ4v) is 4.79. The molecule has 4 heterocycles. The first kappa shape index (κ1) is 16.6. The van der Waals surface area contributed by atoms with Crippen LogP contribution in [0.2, 0.25) is 0 Å². The number of aromatic nitrogens is 3. The van der Waals surface area contributed by atoms with Gasteiger partial charge in [0.25, 0.3) is 5.91 Å². The molecule has 0 aromatic carbocycles. The first-order chi connectivity index (χ1) is 12.5. The molecule has 0 saturated carbocycles. The van der Waals surface area contributed by atoms with Crippen LogP contribution in [-0.4, -0.2) is 46.8 Å². The summed E-state index contributed by atoms with van der Waals surface area (Å²) in [7, 11) is -3.06. The average Bonchev–Trinajstić information content (AvgIpc) is 2.99. The molecule has 1 aliphatic heterocycles. The van der Waals surface area contributed by atoms with Crippen LogP contribution in [0.1, 0.15) is 16.9 Å². The maximum atomic E-state index is 12.6. The highest BCUT2D eigenvalue weighted by Gasteiger charge is 2.29. The van der Waals surface area contributed by atoms with Gasteiger partial charge in [-0.1, -0.05) is 6.07 Å². The van der Waals surface area contributed by atoms with Crippen molar-refractivity contribution in [2.24, 2.45) is 0 Å². The van der Waals surface area contributed by atoms with Crippen molar-refractivity contribution in [2.45, 2.75) is 12.5 Å². The SMILES string of the molecule is O=C(NC1CCS(=O)(=O)C1)c1cc(-c2cccnc2)c2cnccc2n1. The van der Waals surface area contributed by atoms with E-state index in [1.54, 1.807) is 36.9 Å². The minimum Gasteiger partial charge on any atom is -0.347 e. The molecule has 1 amide bonds. The van der Waals surface area contributed by atoms with E-state index in [4.69, 9.17) is 0 Å². The Balaban J connectivity index is 1.73. The van der Waals surface area contributed by atoms with Crippen LogP contribution in [-0.2, 0) is 9.84 Å². The highest BCUT2D eigenvalue weighted by atomic mass is 32.2. The molecule has 0 bridgehead atoms. The summed E-state index contributed by atoms with van der Waals surface area (Å²) in [6, 6.07) is 6.79. The number of hydrogen-bond donors (Lipinski definition) is 1. The standard InChI is InChI=1S/C18H16N4O3S/c23-18(21-13-4-7-26(24,25)11-13)17-8-14(12-2-1-5-19-9-12)15-10-20-6-3-16(15)22-17/h1-3,5-6,8-10,13H,4,7,11H2,(H,21,23). The molecule has 1 N–H and O–H groups in total. The van der Waals surface area contributed by atoms with E-state index in [1.165, 1.54) is 0 Å². The zero-order chi connectivity index (χ0) is 18.1. The van der Waals surface area contributed by atoms with Gasteiger partial charge >= 0.3 is 0 Å². The molecule has 7 nitrogen and oxygen atoms in total. The maximum Gasteiger partial charge on any atom is 0.270 e. The monoisotopic (exact) mass is 368 g/mol. The number of hydrogen-bond acceptors (Lipinski definition) is 6. The van der Waals surface area contributed by atoms with Gasteiger partial charge in [0.15, 0.2) is 9.84 Å². The first-order valence-corrected chi connectivity index (χ1v) is 10.0. The Hall–Kier alpha value is -2.87. The fourth-order valence-electron chi connectivity index (χ4n) is 3.11. The Morgan fingerprint density at radius 2 is 2.00 bits per heavy atom. The predicted octanol–water partition coefficient (Wildman–Crippen LogP) is 1.61. The smallest absolute Gasteiger partial charge is 0.270 e. The summed E-state index contributed by atoms with van der Waals surface area (Å²) in [6.45, 7) is 0. The molecule has 8 heteroatoms. The summed E-state index contributed by atoms with van der Waals surface area (Å²) in [4.78, 5) is 25.3. The van der Waals surface area contributed by atoms with Crippen LogP contribution in [0, 0.1) is 0 Å². The molecule has 0 radical (unpaired) electrons. The number of fused-ring (bicyclic) bond motifs is 1. The van der Waals surface area contributed by atoms with E-state index in [9.17, 15) is 13.2 Å². The maximum absolute atomic E-state index is 12.6. The van der Waals surface area contributed by atoms with Crippen LogP contribution in [0.3, 0.4) is 0 Å². The minimum atomic E-state index is -3.06. The second-order valence-corrected chi connectivity index (χ2v) is 8.49. The second-order valence-electron chi connectivity index (χ2n) is 6.26. The molecule has 3 aromatic heterocycles. The number of amides is 1. The number of pyridine rings is 3. The van der Waals surface area contributed by atoms with Gasteiger partial charge in [-0.3, -0.25) is 14.8 Å². The zero-order valence-electron chi connectivity index (χ0n) is 13.8. The van der Waals surface area contributed by atoms with E-state index in [2.05, 4.69) is 20.3 Å². The van der Waals surface area contributed by atoms with Crippen molar-refractivity contribution >= 4 is 26.6 Å². The van der Waals surface area contributed by atoms with Crippen molar-refractivity contribution in [1.29, 1.82) is 0 Å². The van der Waals surface area contributed by atoms with Crippen LogP contribution in [0.5, 0.6) is 0 Å². The van der Waals surface area contributed by atoms with E-state index in [0.29, 0.717) is 11.9 Å². The molecule has 0 aliphatic carbocycles. The fraction of sp³-hybridized carbons (Fsp3) is 0.222. The van der Waals surface area contributed by atoms with Crippen molar-refractivity contribution < 1.29 is 13.2 Å². The minimum absolute atomic E-state index is 0.0221. The molecule has 1 fully saturated rings. The summed E-state index contributed by atoms with van der Waals surface area (Å²) >= 11 is 0. The Labute approximate surface area is 150 Å². The van der Waals surface area contributed by atoms with Gasteiger partial charge < -0.3 is 5.32 Å². The molecule has 0 spiro atoms. The molecule has 132 valence electrons. The largest absolute Gasteiger partial charge is 0.347 e. The van der Waals surface area contributed by atoms with Gasteiger partial charge in [0.1, 0.15) is 5.69 Å². The van der Waals surface area contributed by atoms with Crippen LogP contribution in [0.4, 0.5) is 0 Å². The van der Waals surface area contributed by atoms with Gasteiger partial charge in [0.2, 0.25) is 0 Å². The third-order valence-electron chi connectivity index (χ3n) is 4.38. The lowest BCUT2D eigenvalue weighted by Crippen LogP contribution is -2.36. The topological polar surface area (TPSA) is 102 Å². The van der Waals surface area contributed by atoms with Crippen LogP contribution < -0.4 is 5.32 Å².